The number of methoxy groups -OCH3 is 1. The molecule has 1 aliphatic rings. The molecule has 1 fully saturated rings. The lowest BCUT2D eigenvalue weighted by atomic mass is 10.1. The van der Waals surface area contributed by atoms with E-state index in [2.05, 4.69) is 24.0 Å². The van der Waals surface area contributed by atoms with Gasteiger partial charge < -0.3 is 10.5 Å². The van der Waals surface area contributed by atoms with Crippen molar-refractivity contribution in [2.24, 2.45) is 5.73 Å². The van der Waals surface area contributed by atoms with E-state index < -0.39 is 0 Å². The number of nitrogens with zero attached hydrogens (tertiary/aromatic N) is 1. The van der Waals surface area contributed by atoms with Gasteiger partial charge in [-0.1, -0.05) is 12.1 Å². The monoisotopic (exact) mass is 234 g/mol. The van der Waals surface area contributed by atoms with E-state index in [1.807, 2.05) is 12.1 Å². The first-order valence-electron chi connectivity index (χ1n) is 6.36. The summed E-state index contributed by atoms with van der Waals surface area (Å²) in [5.41, 5.74) is 7.16. The van der Waals surface area contributed by atoms with Gasteiger partial charge in [0.25, 0.3) is 0 Å². The molecule has 1 aromatic carbocycles. The fraction of sp³-hybridized carbons (Fsp3) is 0.571. The first-order chi connectivity index (χ1) is 8.26. The molecule has 1 heterocycles. The fourth-order valence-electron chi connectivity index (χ4n) is 2.69. The van der Waals surface area contributed by atoms with Gasteiger partial charge in [0.1, 0.15) is 5.75 Å². The maximum absolute atomic E-state index is 5.82. The molecular formula is C14H22N2O. The van der Waals surface area contributed by atoms with Gasteiger partial charge in [-0.3, -0.25) is 4.90 Å². The molecule has 2 N–H and O–H groups in total. The summed E-state index contributed by atoms with van der Waals surface area (Å²) in [6, 6.07) is 9.34. The van der Waals surface area contributed by atoms with Gasteiger partial charge in [-0.25, -0.2) is 0 Å². The quantitative estimate of drug-likeness (QED) is 0.868. The number of hydrogen-bond acceptors (Lipinski definition) is 3. The highest BCUT2D eigenvalue weighted by atomic mass is 16.5. The highest BCUT2D eigenvalue weighted by molar-refractivity contribution is 5.29. The Morgan fingerprint density at radius 3 is 2.71 bits per heavy atom. The van der Waals surface area contributed by atoms with Gasteiger partial charge in [-0.2, -0.15) is 0 Å². The van der Waals surface area contributed by atoms with Crippen LogP contribution in [-0.2, 0) is 0 Å². The van der Waals surface area contributed by atoms with Gasteiger partial charge in [0.2, 0.25) is 0 Å². The van der Waals surface area contributed by atoms with E-state index >= 15 is 0 Å². The minimum atomic E-state index is 0.442. The molecule has 0 radical (unpaired) electrons. The van der Waals surface area contributed by atoms with Crippen LogP contribution < -0.4 is 10.5 Å². The van der Waals surface area contributed by atoms with Gasteiger partial charge in [0.05, 0.1) is 7.11 Å². The average Bonchev–Trinajstić information content (AvgIpc) is 2.86. The van der Waals surface area contributed by atoms with Crippen LogP contribution in [0.15, 0.2) is 24.3 Å². The molecule has 0 saturated carbocycles. The van der Waals surface area contributed by atoms with Crippen molar-refractivity contribution >= 4 is 0 Å². The Kier molecular flexibility index (Phi) is 4.02. The summed E-state index contributed by atoms with van der Waals surface area (Å²) in [6.45, 7) is 4.19. The van der Waals surface area contributed by atoms with Crippen molar-refractivity contribution in [3.8, 4) is 5.75 Å². The molecule has 17 heavy (non-hydrogen) atoms. The largest absolute Gasteiger partial charge is 0.497 e. The summed E-state index contributed by atoms with van der Waals surface area (Å²) in [5, 5.41) is 0. The van der Waals surface area contributed by atoms with Crippen LogP contribution >= 0.6 is 0 Å². The zero-order chi connectivity index (χ0) is 12.3. The van der Waals surface area contributed by atoms with Crippen LogP contribution in [0.2, 0.25) is 0 Å². The predicted octanol–water partition coefficient (Wildman–Crippen LogP) is 2.18. The van der Waals surface area contributed by atoms with Crippen molar-refractivity contribution in [1.29, 1.82) is 0 Å². The van der Waals surface area contributed by atoms with Crippen molar-refractivity contribution in [3.63, 3.8) is 0 Å². The highest BCUT2D eigenvalue weighted by Gasteiger charge is 2.27. The maximum Gasteiger partial charge on any atom is 0.118 e. The molecule has 0 aromatic heterocycles. The number of hydrogen-bond donors (Lipinski definition) is 1. The van der Waals surface area contributed by atoms with Gasteiger partial charge >= 0.3 is 0 Å². The van der Waals surface area contributed by atoms with Crippen LogP contribution in [-0.4, -0.2) is 31.1 Å². The molecule has 2 rings (SSSR count). The molecule has 1 saturated heterocycles. The Balaban J connectivity index is 2.10. The van der Waals surface area contributed by atoms with Crippen LogP contribution in [0, 0.1) is 0 Å². The lowest BCUT2D eigenvalue weighted by Crippen LogP contribution is -2.37. The van der Waals surface area contributed by atoms with Crippen molar-refractivity contribution in [2.45, 2.75) is 31.8 Å². The average molecular weight is 234 g/mol. The third kappa shape index (κ3) is 2.61. The van der Waals surface area contributed by atoms with Crippen molar-refractivity contribution in [2.75, 3.05) is 20.2 Å². The molecule has 3 heteroatoms. The summed E-state index contributed by atoms with van der Waals surface area (Å²) in [4.78, 5) is 2.52. The second kappa shape index (κ2) is 5.52. The minimum Gasteiger partial charge on any atom is -0.497 e. The van der Waals surface area contributed by atoms with E-state index in [1.165, 1.54) is 18.4 Å². The molecule has 3 nitrogen and oxygen atoms in total. The van der Waals surface area contributed by atoms with Crippen molar-refractivity contribution < 1.29 is 4.74 Å². The summed E-state index contributed by atoms with van der Waals surface area (Å²) < 4.78 is 5.18. The van der Waals surface area contributed by atoms with E-state index in [-0.39, 0.29) is 0 Å². The van der Waals surface area contributed by atoms with E-state index in [4.69, 9.17) is 10.5 Å². The molecule has 2 unspecified atom stereocenters. The number of likely N-dealkylation sites (tertiary alicyclic amines) is 1. The number of benzene rings is 1. The SMILES string of the molecule is COc1ccc(C(C)N2CCCC2CN)cc1. The molecule has 0 aliphatic carbocycles. The number of nitrogens with two attached hydrogens (primary N) is 1. The molecule has 0 spiro atoms. The van der Waals surface area contributed by atoms with Crippen LogP contribution in [0.4, 0.5) is 0 Å². The Hall–Kier alpha value is -1.06. The van der Waals surface area contributed by atoms with Gasteiger partial charge in [0.15, 0.2) is 0 Å². The Labute approximate surface area is 104 Å². The molecule has 1 aliphatic heterocycles. The summed E-state index contributed by atoms with van der Waals surface area (Å²) in [7, 11) is 1.70. The molecule has 2 atom stereocenters. The van der Waals surface area contributed by atoms with E-state index in [9.17, 15) is 0 Å². The molecule has 94 valence electrons. The number of ether oxygens (including phenoxy) is 1. The molecular weight excluding hydrogens is 212 g/mol. The standard InChI is InChI=1S/C14H22N2O/c1-11(16-9-3-4-13(16)10-15)12-5-7-14(17-2)8-6-12/h5-8,11,13H,3-4,9-10,15H2,1-2H3. The second-order valence-corrected chi connectivity index (χ2v) is 4.72. The van der Waals surface area contributed by atoms with Crippen LogP contribution in [0.5, 0.6) is 5.75 Å². The third-order valence-electron chi connectivity index (χ3n) is 3.79. The summed E-state index contributed by atoms with van der Waals surface area (Å²) >= 11 is 0. The lowest BCUT2D eigenvalue weighted by Gasteiger charge is -2.30. The van der Waals surface area contributed by atoms with Gasteiger partial charge in [0, 0.05) is 18.6 Å². The van der Waals surface area contributed by atoms with Gasteiger partial charge in [-0.15, -0.1) is 0 Å². The van der Waals surface area contributed by atoms with E-state index in [1.54, 1.807) is 7.11 Å². The van der Waals surface area contributed by atoms with Crippen LogP contribution in [0.3, 0.4) is 0 Å². The summed E-state index contributed by atoms with van der Waals surface area (Å²) in [6.07, 6.45) is 2.50. The second-order valence-electron chi connectivity index (χ2n) is 4.72. The maximum atomic E-state index is 5.82. The highest BCUT2D eigenvalue weighted by Crippen LogP contribution is 2.29. The molecule has 0 bridgehead atoms. The fourth-order valence-corrected chi connectivity index (χ4v) is 2.69. The minimum absolute atomic E-state index is 0.442. The third-order valence-corrected chi connectivity index (χ3v) is 3.79. The first-order valence-corrected chi connectivity index (χ1v) is 6.36. The normalized spacial score (nSPS) is 22.6. The van der Waals surface area contributed by atoms with E-state index in [0.717, 1.165) is 18.8 Å². The number of rotatable bonds is 4. The summed E-state index contributed by atoms with van der Waals surface area (Å²) in [5.74, 6) is 0.915. The smallest absolute Gasteiger partial charge is 0.118 e. The Morgan fingerprint density at radius 2 is 2.12 bits per heavy atom. The van der Waals surface area contributed by atoms with Crippen LogP contribution in [0.1, 0.15) is 31.4 Å². The van der Waals surface area contributed by atoms with E-state index in [0.29, 0.717) is 12.1 Å². The van der Waals surface area contributed by atoms with Gasteiger partial charge in [-0.05, 0) is 44.0 Å². The zero-order valence-corrected chi connectivity index (χ0v) is 10.7. The van der Waals surface area contributed by atoms with Crippen molar-refractivity contribution in [3.05, 3.63) is 29.8 Å². The van der Waals surface area contributed by atoms with Crippen molar-refractivity contribution in [1.82, 2.24) is 4.90 Å². The lowest BCUT2D eigenvalue weighted by molar-refractivity contribution is 0.197. The topological polar surface area (TPSA) is 38.5 Å². The predicted molar refractivity (Wildman–Crippen MR) is 70.2 cm³/mol. The van der Waals surface area contributed by atoms with Crippen LogP contribution in [0.25, 0.3) is 0 Å². The molecule has 0 amide bonds. The Bertz CT molecular complexity index is 350. The molecule has 1 aromatic rings. The zero-order valence-electron chi connectivity index (χ0n) is 10.7. The first kappa shape index (κ1) is 12.4. The Morgan fingerprint density at radius 1 is 1.41 bits per heavy atom.